The van der Waals surface area contributed by atoms with Crippen molar-refractivity contribution < 1.29 is 4.79 Å². The number of anilines is 1. The van der Waals surface area contributed by atoms with Gasteiger partial charge in [0.05, 0.1) is 12.1 Å². The Labute approximate surface area is 130 Å². The minimum absolute atomic E-state index is 0.0656. The molecule has 1 fully saturated rings. The van der Waals surface area contributed by atoms with Crippen LogP contribution in [-0.4, -0.2) is 28.8 Å². The molecular formula is C17H22N4O. The van der Waals surface area contributed by atoms with Gasteiger partial charge in [-0.3, -0.25) is 9.48 Å². The van der Waals surface area contributed by atoms with Crippen LogP contribution in [0.4, 0.5) is 5.69 Å². The number of hydrogen-bond donors (Lipinski definition) is 2. The van der Waals surface area contributed by atoms with Crippen LogP contribution in [0, 0.1) is 19.8 Å². The van der Waals surface area contributed by atoms with Crippen molar-refractivity contribution >= 4 is 11.6 Å². The molecule has 0 aliphatic carbocycles. The zero-order chi connectivity index (χ0) is 15.7. The Bertz CT molecular complexity index is 692. The SMILES string of the molecule is Cc1ccc(C)c(NC(=O)[C@H]2CNC[C@@H]2c2cnn(C)c2)c1. The molecule has 0 unspecified atom stereocenters. The molecule has 1 amide bonds. The number of rotatable bonds is 3. The fourth-order valence-electron chi connectivity index (χ4n) is 3.03. The normalized spacial score (nSPS) is 21.0. The van der Waals surface area contributed by atoms with Gasteiger partial charge >= 0.3 is 0 Å². The minimum atomic E-state index is -0.0656. The summed E-state index contributed by atoms with van der Waals surface area (Å²) in [6.07, 6.45) is 3.85. The van der Waals surface area contributed by atoms with Gasteiger partial charge in [0.1, 0.15) is 0 Å². The number of benzene rings is 1. The summed E-state index contributed by atoms with van der Waals surface area (Å²) < 4.78 is 1.79. The van der Waals surface area contributed by atoms with Gasteiger partial charge in [-0.25, -0.2) is 0 Å². The van der Waals surface area contributed by atoms with Crippen molar-refractivity contribution in [3.8, 4) is 0 Å². The van der Waals surface area contributed by atoms with Crippen LogP contribution in [0.3, 0.4) is 0 Å². The van der Waals surface area contributed by atoms with Gasteiger partial charge in [0.15, 0.2) is 0 Å². The predicted octanol–water partition coefficient (Wildman–Crippen LogP) is 1.98. The van der Waals surface area contributed by atoms with E-state index in [-0.39, 0.29) is 17.7 Å². The fourth-order valence-corrected chi connectivity index (χ4v) is 3.03. The van der Waals surface area contributed by atoms with Crippen molar-refractivity contribution in [2.45, 2.75) is 19.8 Å². The average molecular weight is 298 g/mol. The van der Waals surface area contributed by atoms with E-state index in [1.54, 1.807) is 4.68 Å². The molecule has 1 aromatic carbocycles. The monoisotopic (exact) mass is 298 g/mol. The van der Waals surface area contributed by atoms with E-state index in [0.29, 0.717) is 6.54 Å². The lowest BCUT2D eigenvalue weighted by Crippen LogP contribution is -2.28. The summed E-state index contributed by atoms with van der Waals surface area (Å²) in [5, 5.41) is 10.6. The van der Waals surface area contributed by atoms with Gasteiger partial charge in [0.2, 0.25) is 5.91 Å². The molecule has 0 bridgehead atoms. The Balaban J connectivity index is 1.77. The highest BCUT2D eigenvalue weighted by molar-refractivity contribution is 5.94. The first-order chi connectivity index (χ1) is 10.5. The van der Waals surface area contributed by atoms with E-state index in [1.165, 1.54) is 0 Å². The largest absolute Gasteiger partial charge is 0.326 e. The molecule has 2 heterocycles. The summed E-state index contributed by atoms with van der Waals surface area (Å²) in [5.74, 6) is 0.190. The third-order valence-electron chi connectivity index (χ3n) is 4.35. The first-order valence-corrected chi connectivity index (χ1v) is 7.62. The van der Waals surface area contributed by atoms with Crippen molar-refractivity contribution in [2.24, 2.45) is 13.0 Å². The molecule has 0 radical (unpaired) electrons. The van der Waals surface area contributed by atoms with Crippen molar-refractivity contribution in [3.63, 3.8) is 0 Å². The Morgan fingerprint density at radius 1 is 1.36 bits per heavy atom. The number of nitrogens with zero attached hydrogens (tertiary/aromatic N) is 2. The molecule has 1 aromatic heterocycles. The highest BCUT2D eigenvalue weighted by Crippen LogP contribution is 2.29. The Morgan fingerprint density at radius 2 is 2.18 bits per heavy atom. The van der Waals surface area contributed by atoms with Crippen LogP contribution in [0.1, 0.15) is 22.6 Å². The van der Waals surface area contributed by atoms with Crippen LogP contribution < -0.4 is 10.6 Å². The summed E-state index contributed by atoms with van der Waals surface area (Å²) in [7, 11) is 1.90. The van der Waals surface area contributed by atoms with E-state index in [2.05, 4.69) is 21.8 Å². The Kier molecular flexibility index (Phi) is 3.98. The topological polar surface area (TPSA) is 59.0 Å². The highest BCUT2D eigenvalue weighted by Gasteiger charge is 2.34. The molecule has 1 saturated heterocycles. The second-order valence-electron chi connectivity index (χ2n) is 6.13. The van der Waals surface area contributed by atoms with Gasteiger partial charge in [0.25, 0.3) is 0 Å². The Hall–Kier alpha value is -2.14. The number of hydrogen-bond acceptors (Lipinski definition) is 3. The molecule has 116 valence electrons. The van der Waals surface area contributed by atoms with Gasteiger partial charge in [-0.2, -0.15) is 5.10 Å². The second kappa shape index (κ2) is 5.93. The molecule has 2 atom stereocenters. The van der Waals surface area contributed by atoms with Crippen LogP contribution in [0.5, 0.6) is 0 Å². The molecule has 2 N–H and O–H groups in total. The molecular weight excluding hydrogens is 276 g/mol. The van der Waals surface area contributed by atoms with E-state index in [9.17, 15) is 4.79 Å². The first kappa shape index (κ1) is 14.8. The van der Waals surface area contributed by atoms with Crippen LogP contribution in [0.2, 0.25) is 0 Å². The zero-order valence-corrected chi connectivity index (χ0v) is 13.3. The quantitative estimate of drug-likeness (QED) is 0.911. The number of aromatic nitrogens is 2. The molecule has 5 heteroatoms. The van der Waals surface area contributed by atoms with E-state index in [1.807, 2.05) is 45.4 Å². The van der Waals surface area contributed by atoms with E-state index in [0.717, 1.165) is 28.9 Å². The van der Waals surface area contributed by atoms with Crippen LogP contribution >= 0.6 is 0 Å². The number of carbonyl (C=O) groups excluding carboxylic acids is 1. The lowest BCUT2D eigenvalue weighted by molar-refractivity contribution is -0.119. The average Bonchev–Trinajstić information content (AvgIpc) is 3.11. The molecule has 0 spiro atoms. The van der Waals surface area contributed by atoms with Crippen molar-refractivity contribution in [1.29, 1.82) is 0 Å². The highest BCUT2D eigenvalue weighted by atomic mass is 16.2. The third kappa shape index (κ3) is 2.90. The summed E-state index contributed by atoms with van der Waals surface area (Å²) in [5.41, 5.74) is 4.26. The van der Waals surface area contributed by atoms with Gasteiger partial charge in [-0.15, -0.1) is 0 Å². The van der Waals surface area contributed by atoms with Crippen molar-refractivity contribution in [3.05, 3.63) is 47.3 Å². The molecule has 0 saturated carbocycles. The summed E-state index contributed by atoms with van der Waals surface area (Å²) in [4.78, 5) is 12.7. The molecule has 3 rings (SSSR count). The molecule has 2 aromatic rings. The fraction of sp³-hybridized carbons (Fsp3) is 0.412. The lowest BCUT2D eigenvalue weighted by atomic mass is 9.90. The summed E-state index contributed by atoms with van der Waals surface area (Å²) in [6, 6.07) is 6.12. The van der Waals surface area contributed by atoms with Gasteiger partial charge in [-0.05, 0) is 36.6 Å². The summed E-state index contributed by atoms with van der Waals surface area (Å²) >= 11 is 0. The van der Waals surface area contributed by atoms with Crippen molar-refractivity contribution in [1.82, 2.24) is 15.1 Å². The number of amides is 1. The number of aryl methyl sites for hydroxylation is 3. The number of carbonyl (C=O) groups is 1. The van der Waals surface area contributed by atoms with Gasteiger partial charge < -0.3 is 10.6 Å². The van der Waals surface area contributed by atoms with Crippen LogP contribution in [0.15, 0.2) is 30.6 Å². The third-order valence-corrected chi connectivity index (χ3v) is 4.35. The van der Waals surface area contributed by atoms with E-state index < -0.39 is 0 Å². The summed E-state index contributed by atoms with van der Waals surface area (Å²) in [6.45, 7) is 5.57. The maximum absolute atomic E-state index is 12.7. The maximum atomic E-state index is 12.7. The minimum Gasteiger partial charge on any atom is -0.326 e. The van der Waals surface area contributed by atoms with Gasteiger partial charge in [0, 0.05) is 37.9 Å². The maximum Gasteiger partial charge on any atom is 0.229 e. The standard InChI is InChI=1S/C17H22N4O/c1-11-4-5-12(2)16(6-11)20-17(22)15-9-18-8-14(15)13-7-19-21(3)10-13/h4-7,10,14-15,18H,8-9H2,1-3H3,(H,20,22)/t14-,15+/m1/s1. The van der Waals surface area contributed by atoms with Gasteiger partial charge in [-0.1, -0.05) is 12.1 Å². The van der Waals surface area contributed by atoms with Crippen LogP contribution in [0.25, 0.3) is 0 Å². The first-order valence-electron chi connectivity index (χ1n) is 7.62. The Morgan fingerprint density at radius 3 is 2.91 bits per heavy atom. The second-order valence-corrected chi connectivity index (χ2v) is 6.13. The molecule has 22 heavy (non-hydrogen) atoms. The van der Waals surface area contributed by atoms with E-state index >= 15 is 0 Å². The van der Waals surface area contributed by atoms with Crippen LogP contribution in [-0.2, 0) is 11.8 Å². The molecule has 1 aliphatic heterocycles. The van der Waals surface area contributed by atoms with E-state index in [4.69, 9.17) is 0 Å². The van der Waals surface area contributed by atoms with Crippen molar-refractivity contribution in [2.75, 3.05) is 18.4 Å². The molecule has 1 aliphatic rings. The molecule has 5 nitrogen and oxygen atoms in total. The zero-order valence-electron chi connectivity index (χ0n) is 13.3. The predicted molar refractivity (Wildman–Crippen MR) is 86.9 cm³/mol. The smallest absolute Gasteiger partial charge is 0.229 e. The number of nitrogens with one attached hydrogen (secondary N) is 2. The lowest BCUT2D eigenvalue weighted by Gasteiger charge is -2.18.